The van der Waals surface area contributed by atoms with Gasteiger partial charge in [-0.25, -0.2) is 0 Å². The third-order valence-corrected chi connectivity index (χ3v) is 2.02. The number of hydrogen-bond donors (Lipinski definition) is 0. The van der Waals surface area contributed by atoms with Crippen LogP contribution in [0.4, 0.5) is 0 Å². The average molecular weight is 196 g/mol. The third-order valence-electron chi connectivity index (χ3n) is 2.02. The van der Waals surface area contributed by atoms with Crippen LogP contribution in [0.1, 0.15) is 12.5 Å². The minimum atomic E-state index is 0.983. The molecule has 0 aliphatic rings. The van der Waals surface area contributed by atoms with Gasteiger partial charge in [0.1, 0.15) is 0 Å². The first-order chi connectivity index (χ1) is 7.22. The van der Waals surface area contributed by atoms with Gasteiger partial charge in [0.25, 0.3) is 0 Å². The van der Waals surface area contributed by atoms with E-state index in [9.17, 15) is 0 Å². The predicted molar refractivity (Wildman–Crippen MR) is 68.6 cm³/mol. The minimum Gasteiger partial charge on any atom is -0.0988 e. The Morgan fingerprint density at radius 3 is 2.47 bits per heavy atom. The molecule has 0 aliphatic carbocycles. The Morgan fingerprint density at radius 2 is 1.87 bits per heavy atom. The summed E-state index contributed by atoms with van der Waals surface area (Å²) in [5.74, 6) is 0. The van der Waals surface area contributed by atoms with Crippen molar-refractivity contribution in [3.05, 3.63) is 78.4 Å². The zero-order valence-corrected chi connectivity index (χ0v) is 9.11. The zero-order valence-electron chi connectivity index (χ0n) is 9.11. The highest BCUT2D eigenvalue weighted by atomic mass is 13.9. The normalized spacial score (nSPS) is 11.7. The van der Waals surface area contributed by atoms with Crippen molar-refractivity contribution in [3.8, 4) is 0 Å². The van der Waals surface area contributed by atoms with E-state index < -0.39 is 0 Å². The van der Waals surface area contributed by atoms with Crippen molar-refractivity contribution >= 4 is 6.08 Å². The van der Waals surface area contributed by atoms with Crippen LogP contribution < -0.4 is 0 Å². The van der Waals surface area contributed by atoms with Crippen molar-refractivity contribution in [1.82, 2.24) is 0 Å². The van der Waals surface area contributed by atoms with Gasteiger partial charge < -0.3 is 0 Å². The molecular formula is C15H16. The van der Waals surface area contributed by atoms with Crippen molar-refractivity contribution in [3.63, 3.8) is 0 Å². The molecule has 0 bridgehead atoms. The Morgan fingerprint density at radius 1 is 1.20 bits per heavy atom. The Labute approximate surface area is 92.0 Å². The molecule has 0 unspecified atom stereocenters. The second-order valence-corrected chi connectivity index (χ2v) is 3.41. The predicted octanol–water partition coefficient (Wildman–Crippen LogP) is 4.39. The lowest BCUT2D eigenvalue weighted by atomic mass is 10.1. The summed E-state index contributed by atoms with van der Waals surface area (Å²) in [6.45, 7) is 9.65. The maximum absolute atomic E-state index is 3.95. The summed E-state index contributed by atoms with van der Waals surface area (Å²) in [6.07, 6.45) is 7.88. The summed E-state index contributed by atoms with van der Waals surface area (Å²) < 4.78 is 0. The molecule has 0 aliphatic heterocycles. The molecule has 76 valence electrons. The molecule has 0 spiro atoms. The van der Waals surface area contributed by atoms with Crippen LogP contribution >= 0.6 is 0 Å². The van der Waals surface area contributed by atoms with E-state index in [-0.39, 0.29) is 0 Å². The molecule has 0 radical (unpaired) electrons. The highest BCUT2D eigenvalue weighted by Crippen LogP contribution is 2.07. The van der Waals surface area contributed by atoms with E-state index in [2.05, 4.69) is 31.4 Å². The van der Waals surface area contributed by atoms with Crippen LogP contribution in [-0.4, -0.2) is 0 Å². The molecule has 0 saturated carbocycles. The lowest BCUT2D eigenvalue weighted by Gasteiger charge is -1.94. The van der Waals surface area contributed by atoms with Gasteiger partial charge in [-0.3, -0.25) is 0 Å². The molecule has 15 heavy (non-hydrogen) atoms. The fourth-order valence-electron chi connectivity index (χ4n) is 1.17. The Kier molecular flexibility index (Phi) is 4.36. The summed E-state index contributed by atoms with van der Waals surface area (Å²) in [7, 11) is 0. The smallest absolute Gasteiger partial charge is 0.0256 e. The third kappa shape index (κ3) is 4.28. The average Bonchev–Trinajstić information content (AvgIpc) is 2.27. The Hall–Kier alpha value is -1.82. The quantitative estimate of drug-likeness (QED) is 0.626. The molecule has 1 aromatic rings. The van der Waals surface area contributed by atoms with E-state index in [1.54, 1.807) is 0 Å². The first-order valence-corrected chi connectivity index (χ1v) is 4.95. The van der Waals surface area contributed by atoms with Gasteiger partial charge in [0.2, 0.25) is 0 Å². The van der Waals surface area contributed by atoms with Crippen LogP contribution in [0.5, 0.6) is 0 Å². The van der Waals surface area contributed by atoms with Crippen molar-refractivity contribution in [2.24, 2.45) is 0 Å². The maximum Gasteiger partial charge on any atom is -0.0256 e. The lowest BCUT2D eigenvalue weighted by molar-refractivity contribution is 1.51. The SMILES string of the molecule is C=CC(C)=CC(=C)C=Cc1ccccc1. The maximum atomic E-state index is 3.95. The van der Waals surface area contributed by atoms with Crippen molar-refractivity contribution < 1.29 is 0 Å². The van der Waals surface area contributed by atoms with E-state index in [1.165, 1.54) is 5.56 Å². The van der Waals surface area contributed by atoms with Crippen molar-refractivity contribution in [2.45, 2.75) is 6.92 Å². The summed E-state index contributed by atoms with van der Waals surface area (Å²) in [5.41, 5.74) is 3.29. The van der Waals surface area contributed by atoms with Gasteiger partial charge in [0, 0.05) is 0 Å². The molecule has 0 atom stereocenters. The van der Waals surface area contributed by atoms with Gasteiger partial charge >= 0.3 is 0 Å². The second kappa shape index (κ2) is 5.82. The monoisotopic (exact) mass is 196 g/mol. The van der Waals surface area contributed by atoms with Gasteiger partial charge in [0.15, 0.2) is 0 Å². The van der Waals surface area contributed by atoms with E-state index in [1.807, 2.05) is 43.4 Å². The first-order valence-electron chi connectivity index (χ1n) is 4.95. The van der Waals surface area contributed by atoms with E-state index in [0.717, 1.165) is 11.1 Å². The van der Waals surface area contributed by atoms with Crippen LogP contribution in [0.3, 0.4) is 0 Å². The van der Waals surface area contributed by atoms with Crippen LogP contribution in [-0.2, 0) is 0 Å². The molecule has 0 fully saturated rings. The molecule has 0 amide bonds. The Bertz CT molecular complexity index is 391. The van der Waals surface area contributed by atoms with Gasteiger partial charge in [0.05, 0.1) is 0 Å². The van der Waals surface area contributed by atoms with Crippen LogP contribution in [0.15, 0.2) is 72.9 Å². The number of hydrogen-bond acceptors (Lipinski definition) is 0. The molecule has 1 aromatic carbocycles. The lowest BCUT2D eigenvalue weighted by Crippen LogP contribution is -1.73. The van der Waals surface area contributed by atoms with E-state index >= 15 is 0 Å². The van der Waals surface area contributed by atoms with E-state index in [4.69, 9.17) is 0 Å². The molecule has 1 rings (SSSR count). The molecular weight excluding hydrogens is 180 g/mol. The van der Waals surface area contributed by atoms with Gasteiger partial charge in [-0.1, -0.05) is 73.4 Å². The molecule has 0 aromatic heterocycles. The summed E-state index contributed by atoms with van der Waals surface area (Å²) in [5, 5.41) is 0. The van der Waals surface area contributed by atoms with Gasteiger partial charge in [-0.15, -0.1) is 0 Å². The summed E-state index contributed by atoms with van der Waals surface area (Å²) in [4.78, 5) is 0. The summed E-state index contributed by atoms with van der Waals surface area (Å²) in [6, 6.07) is 10.2. The van der Waals surface area contributed by atoms with Crippen LogP contribution in [0.2, 0.25) is 0 Å². The Balaban J connectivity index is 2.67. The van der Waals surface area contributed by atoms with Crippen LogP contribution in [0.25, 0.3) is 6.08 Å². The van der Waals surface area contributed by atoms with Gasteiger partial charge in [-0.2, -0.15) is 0 Å². The highest BCUT2D eigenvalue weighted by molar-refractivity contribution is 5.54. The molecule has 0 saturated heterocycles. The fourth-order valence-corrected chi connectivity index (χ4v) is 1.17. The fraction of sp³-hybridized carbons (Fsp3) is 0.0667. The molecule has 0 nitrogen and oxygen atoms in total. The number of allylic oxidation sites excluding steroid dienone is 5. The van der Waals surface area contributed by atoms with Gasteiger partial charge in [-0.05, 0) is 18.1 Å². The first kappa shape index (κ1) is 11.3. The van der Waals surface area contributed by atoms with E-state index in [0.29, 0.717) is 0 Å². The molecule has 0 heterocycles. The van der Waals surface area contributed by atoms with Crippen LogP contribution in [0, 0.1) is 0 Å². The molecule has 0 N–H and O–H groups in total. The van der Waals surface area contributed by atoms with Crippen molar-refractivity contribution in [2.75, 3.05) is 0 Å². The minimum absolute atomic E-state index is 0.983. The number of rotatable bonds is 4. The number of benzene rings is 1. The summed E-state index contributed by atoms with van der Waals surface area (Å²) >= 11 is 0. The topological polar surface area (TPSA) is 0 Å². The second-order valence-electron chi connectivity index (χ2n) is 3.41. The van der Waals surface area contributed by atoms with Crippen molar-refractivity contribution in [1.29, 1.82) is 0 Å². The highest BCUT2D eigenvalue weighted by Gasteiger charge is 1.85. The largest absolute Gasteiger partial charge is 0.0988 e. The zero-order chi connectivity index (χ0) is 11.1. The standard InChI is InChI=1S/C15H16/c1-4-13(2)12-14(3)10-11-15-8-6-5-7-9-15/h4-12H,1,3H2,2H3. The molecule has 0 heteroatoms.